The number of cyclic esters (lactones) is 1. The molecule has 2 saturated heterocycles. The molecule has 0 aliphatic carbocycles. The molecule has 4 atom stereocenters. The van der Waals surface area contributed by atoms with Crippen molar-refractivity contribution in [3.63, 3.8) is 0 Å². The molecular formula is C14H20O8. The molecule has 3 aliphatic rings. The van der Waals surface area contributed by atoms with Crippen LogP contribution in [0.4, 0.5) is 0 Å². The van der Waals surface area contributed by atoms with E-state index in [0.29, 0.717) is 19.6 Å². The Hall–Kier alpha value is -1.48. The van der Waals surface area contributed by atoms with Gasteiger partial charge in [0.05, 0.1) is 25.6 Å². The summed E-state index contributed by atoms with van der Waals surface area (Å²) < 4.78 is 29.6. The third-order valence-corrected chi connectivity index (χ3v) is 3.37. The van der Waals surface area contributed by atoms with E-state index in [1.54, 1.807) is 13.2 Å². The molecule has 0 saturated carbocycles. The van der Waals surface area contributed by atoms with Crippen LogP contribution >= 0.6 is 0 Å². The van der Waals surface area contributed by atoms with E-state index in [1.807, 2.05) is 0 Å². The molecule has 22 heavy (non-hydrogen) atoms. The molecule has 1 unspecified atom stereocenters. The van der Waals surface area contributed by atoms with Gasteiger partial charge in [-0.05, 0) is 6.08 Å². The van der Waals surface area contributed by atoms with Crippen molar-refractivity contribution in [3.8, 4) is 0 Å². The van der Waals surface area contributed by atoms with Crippen LogP contribution in [0.25, 0.3) is 0 Å². The maximum atomic E-state index is 10.8. The van der Waals surface area contributed by atoms with Crippen molar-refractivity contribution < 1.29 is 38.0 Å². The molecule has 0 N–H and O–H groups in total. The lowest BCUT2D eigenvalue weighted by Gasteiger charge is -2.11. The smallest absolute Gasteiger partial charge is 0.331 e. The molecule has 3 aliphatic heterocycles. The first kappa shape index (κ1) is 16.9. The van der Waals surface area contributed by atoms with Gasteiger partial charge in [-0.1, -0.05) is 0 Å². The zero-order chi connectivity index (χ0) is 15.9. The molecule has 0 amide bonds. The second kappa shape index (κ2) is 8.23. The number of fused-ring (bicyclic) bond motifs is 1. The molecule has 2 fully saturated rings. The minimum atomic E-state index is -0.309. The average molecular weight is 316 g/mol. The fraction of sp³-hybridized carbons (Fsp3) is 0.714. The summed E-state index contributed by atoms with van der Waals surface area (Å²) in [6, 6.07) is 0. The predicted molar refractivity (Wildman–Crippen MR) is 71.6 cm³/mol. The van der Waals surface area contributed by atoms with Crippen LogP contribution in [0.5, 0.6) is 0 Å². The minimum Gasteiger partial charge on any atom is -0.459 e. The lowest BCUT2D eigenvalue weighted by molar-refractivity contribution is -0.146. The highest BCUT2D eigenvalue weighted by molar-refractivity contribution is 5.84. The number of esters is 2. The lowest BCUT2D eigenvalue weighted by atomic mass is 10.0. The zero-order valence-electron chi connectivity index (χ0n) is 12.6. The summed E-state index contributed by atoms with van der Waals surface area (Å²) in [4.78, 5) is 21.3. The summed E-state index contributed by atoms with van der Waals surface area (Å²) in [5.41, 5.74) is 0. The third-order valence-electron chi connectivity index (χ3n) is 3.37. The van der Waals surface area contributed by atoms with Crippen LogP contribution in [0, 0.1) is 5.92 Å². The Kier molecular flexibility index (Phi) is 6.32. The zero-order valence-corrected chi connectivity index (χ0v) is 12.6. The van der Waals surface area contributed by atoms with E-state index in [4.69, 9.17) is 23.7 Å². The van der Waals surface area contributed by atoms with Gasteiger partial charge in [-0.2, -0.15) is 0 Å². The van der Waals surface area contributed by atoms with Gasteiger partial charge in [-0.3, -0.25) is 4.79 Å². The molecule has 0 spiro atoms. The largest absolute Gasteiger partial charge is 0.459 e. The van der Waals surface area contributed by atoms with Crippen LogP contribution in [0.2, 0.25) is 0 Å². The molecule has 3 rings (SSSR count). The number of hydrogen-bond acceptors (Lipinski definition) is 8. The Bertz CT molecular complexity index is 421. The van der Waals surface area contributed by atoms with Crippen molar-refractivity contribution in [3.05, 3.63) is 12.2 Å². The maximum Gasteiger partial charge on any atom is 0.331 e. The fourth-order valence-electron chi connectivity index (χ4n) is 2.36. The lowest BCUT2D eigenvalue weighted by Crippen LogP contribution is -2.20. The molecule has 8 nitrogen and oxygen atoms in total. The second-order valence-electron chi connectivity index (χ2n) is 4.95. The standard InChI is InChI=1S/2C7H10O4/c1-9-7-4-2-6(8)11-5(4)3-10-7;1-9-5-10-4-6-2-3-7(8)11-6/h4-5,7H,2-3H2,1H3;2-3,6H,4-5H2,1H3/t4-,5-,7?;6-/m10/s1. The van der Waals surface area contributed by atoms with E-state index >= 15 is 0 Å². The van der Waals surface area contributed by atoms with Gasteiger partial charge < -0.3 is 28.4 Å². The van der Waals surface area contributed by atoms with Crippen LogP contribution in [-0.2, 0) is 38.0 Å². The van der Waals surface area contributed by atoms with Gasteiger partial charge in [0.1, 0.15) is 19.0 Å². The minimum absolute atomic E-state index is 0.0625. The second-order valence-corrected chi connectivity index (χ2v) is 4.95. The van der Waals surface area contributed by atoms with Gasteiger partial charge in [-0.15, -0.1) is 0 Å². The summed E-state index contributed by atoms with van der Waals surface area (Å²) in [6.07, 6.45) is 2.94. The van der Waals surface area contributed by atoms with Gasteiger partial charge in [0, 0.05) is 20.3 Å². The fourth-order valence-corrected chi connectivity index (χ4v) is 2.36. The Morgan fingerprint density at radius 2 is 2.09 bits per heavy atom. The summed E-state index contributed by atoms with van der Waals surface area (Å²) >= 11 is 0. The van der Waals surface area contributed by atoms with Crippen molar-refractivity contribution in [1.82, 2.24) is 0 Å². The SMILES string of the molecule is COC1OC[C@H]2OC(=O)C[C@@H]12.COCOC[C@@H]1C=CC(=O)O1. The number of rotatable bonds is 5. The van der Waals surface area contributed by atoms with E-state index in [2.05, 4.69) is 4.74 Å². The van der Waals surface area contributed by atoms with E-state index in [1.165, 1.54) is 13.2 Å². The van der Waals surface area contributed by atoms with Crippen LogP contribution in [0.15, 0.2) is 12.2 Å². The molecular weight excluding hydrogens is 296 g/mol. The predicted octanol–water partition coefficient (Wildman–Crippen LogP) is 0.00930. The van der Waals surface area contributed by atoms with E-state index in [0.717, 1.165) is 0 Å². The third kappa shape index (κ3) is 4.51. The van der Waals surface area contributed by atoms with Crippen molar-refractivity contribution in [2.45, 2.75) is 24.9 Å². The Balaban J connectivity index is 0.000000160. The molecule has 8 heteroatoms. The monoisotopic (exact) mass is 316 g/mol. The van der Waals surface area contributed by atoms with Crippen molar-refractivity contribution in [2.24, 2.45) is 5.92 Å². The molecule has 124 valence electrons. The van der Waals surface area contributed by atoms with Gasteiger partial charge in [0.25, 0.3) is 0 Å². The van der Waals surface area contributed by atoms with Crippen LogP contribution in [0.1, 0.15) is 6.42 Å². The van der Waals surface area contributed by atoms with E-state index < -0.39 is 0 Å². The van der Waals surface area contributed by atoms with Crippen LogP contribution in [0.3, 0.4) is 0 Å². The van der Waals surface area contributed by atoms with Crippen molar-refractivity contribution in [1.29, 1.82) is 0 Å². The van der Waals surface area contributed by atoms with Crippen LogP contribution in [-0.4, -0.2) is 64.7 Å². The number of carbonyl (C=O) groups excluding carboxylic acids is 2. The first-order valence-electron chi connectivity index (χ1n) is 6.93. The maximum absolute atomic E-state index is 10.8. The molecule has 3 heterocycles. The van der Waals surface area contributed by atoms with Crippen molar-refractivity contribution in [2.75, 3.05) is 34.2 Å². The van der Waals surface area contributed by atoms with E-state index in [-0.39, 0.29) is 43.1 Å². The Morgan fingerprint density at radius 1 is 1.27 bits per heavy atom. The summed E-state index contributed by atoms with van der Waals surface area (Å²) in [6.45, 7) is 1.06. The van der Waals surface area contributed by atoms with Gasteiger partial charge >= 0.3 is 11.9 Å². The molecule has 0 aromatic heterocycles. The highest BCUT2D eigenvalue weighted by Crippen LogP contribution is 2.33. The summed E-state index contributed by atoms with van der Waals surface area (Å²) in [5, 5.41) is 0. The first-order valence-corrected chi connectivity index (χ1v) is 6.93. The van der Waals surface area contributed by atoms with E-state index in [9.17, 15) is 9.59 Å². The summed E-state index contributed by atoms with van der Waals surface area (Å²) in [7, 11) is 3.12. The molecule has 0 bridgehead atoms. The molecule has 0 aromatic carbocycles. The Labute approximate surface area is 128 Å². The van der Waals surface area contributed by atoms with Gasteiger partial charge in [0.2, 0.25) is 0 Å². The first-order chi connectivity index (χ1) is 10.6. The average Bonchev–Trinajstić information content (AvgIpc) is 3.16. The Morgan fingerprint density at radius 3 is 2.73 bits per heavy atom. The highest BCUT2D eigenvalue weighted by atomic mass is 16.7. The quantitative estimate of drug-likeness (QED) is 0.398. The summed E-state index contributed by atoms with van der Waals surface area (Å²) in [5.74, 6) is -0.325. The van der Waals surface area contributed by atoms with Crippen molar-refractivity contribution >= 4 is 11.9 Å². The highest BCUT2D eigenvalue weighted by Gasteiger charge is 2.46. The van der Waals surface area contributed by atoms with Gasteiger partial charge in [0.15, 0.2) is 6.29 Å². The van der Waals surface area contributed by atoms with Crippen LogP contribution < -0.4 is 0 Å². The number of methoxy groups -OCH3 is 2. The van der Waals surface area contributed by atoms with Gasteiger partial charge in [-0.25, -0.2) is 4.79 Å². The molecule has 0 aromatic rings. The number of ether oxygens (including phenoxy) is 6. The number of carbonyl (C=O) groups is 2. The topological polar surface area (TPSA) is 89.5 Å². The normalized spacial score (nSPS) is 32.3. The molecule has 0 radical (unpaired) electrons. The number of hydrogen-bond donors (Lipinski definition) is 0.